The highest BCUT2D eigenvalue weighted by Crippen LogP contribution is 2.38. The Kier molecular flexibility index (Phi) is 6.38. The van der Waals surface area contributed by atoms with Gasteiger partial charge in [0.25, 0.3) is 5.91 Å². The van der Waals surface area contributed by atoms with Gasteiger partial charge in [-0.3, -0.25) is 14.5 Å². The number of nitrogens with zero attached hydrogens (tertiary/aromatic N) is 1. The molecule has 32 heavy (non-hydrogen) atoms. The Morgan fingerprint density at radius 2 is 1.91 bits per heavy atom. The molecule has 2 heterocycles. The van der Waals surface area contributed by atoms with Crippen LogP contribution in [-0.4, -0.2) is 34.8 Å². The monoisotopic (exact) mass is 453 g/mol. The molecule has 3 unspecified atom stereocenters. The van der Waals surface area contributed by atoms with Crippen molar-refractivity contribution < 1.29 is 14.4 Å². The number of benzene rings is 1. The summed E-state index contributed by atoms with van der Waals surface area (Å²) in [7, 11) is 0. The minimum absolute atomic E-state index is 0.0686. The van der Waals surface area contributed by atoms with Gasteiger partial charge in [-0.2, -0.15) is 0 Å². The molecule has 2 aromatic rings. The van der Waals surface area contributed by atoms with Crippen LogP contribution in [0.2, 0.25) is 0 Å². The van der Waals surface area contributed by atoms with Crippen LogP contribution in [0.25, 0.3) is 0 Å². The molecule has 1 aliphatic heterocycles. The van der Waals surface area contributed by atoms with Crippen molar-refractivity contribution in [3.8, 4) is 0 Å². The Morgan fingerprint density at radius 1 is 1.19 bits per heavy atom. The molecule has 2 fully saturated rings. The average molecular weight is 454 g/mol. The quantitative estimate of drug-likeness (QED) is 0.629. The Bertz CT molecular complexity index is 986. The average Bonchev–Trinajstić information content (AvgIpc) is 3.38. The lowest BCUT2D eigenvalue weighted by Gasteiger charge is -2.36. The lowest BCUT2D eigenvalue weighted by molar-refractivity contribution is -0.137. The third-order valence-corrected chi connectivity index (χ3v) is 7.81. The van der Waals surface area contributed by atoms with Crippen molar-refractivity contribution in [1.82, 2.24) is 15.5 Å². The largest absolute Gasteiger partial charge is 0.343 e. The van der Waals surface area contributed by atoms with Crippen LogP contribution in [0.4, 0.5) is 4.79 Å². The number of carbonyl (C=O) groups excluding carboxylic acids is 3. The van der Waals surface area contributed by atoms with E-state index in [2.05, 4.69) is 36.6 Å². The van der Waals surface area contributed by atoms with Gasteiger partial charge in [-0.05, 0) is 47.3 Å². The minimum atomic E-state index is -0.852. The highest BCUT2D eigenvalue weighted by atomic mass is 32.1. The Balaban J connectivity index is 1.50. The molecule has 4 rings (SSSR count). The van der Waals surface area contributed by atoms with Gasteiger partial charge in [0.15, 0.2) is 0 Å². The molecule has 0 radical (unpaired) electrons. The van der Waals surface area contributed by atoms with E-state index in [0.29, 0.717) is 12.3 Å². The predicted molar refractivity (Wildman–Crippen MR) is 125 cm³/mol. The van der Waals surface area contributed by atoms with Gasteiger partial charge in [0.1, 0.15) is 12.1 Å². The standard InChI is InChI=1S/C25H31N3O3S/c1-16(2)18-9-11-19(12-10-18)22(20-8-6-14-32-20)26-21(29)15-28-23(30)25(27-24(28)31)13-5-4-7-17(25)3/h6,8-12,14,16-17,22H,4-5,7,13,15H2,1-3H3,(H,26,29)(H,27,31). The first kappa shape index (κ1) is 22.5. The number of nitrogens with one attached hydrogen (secondary N) is 2. The van der Waals surface area contributed by atoms with Crippen molar-refractivity contribution in [1.29, 1.82) is 0 Å². The summed E-state index contributed by atoms with van der Waals surface area (Å²) in [5, 5.41) is 7.94. The zero-order chi connectivity index (χ0) is 22.9. The highest BCUT2D eigenvalue weighted by Gasteiger charge is 2.55. The van der Waals surface area contributed by atoms with Gasteiger partial charge < -0.3 is 10.6 Å². The molecular weight excluding hydrogens is 422 g/mol. The first-order valence-corrected chi connectivity index (χ1v) is 12.3. The zero-order valence-corrected chi connectivity index (χ0v) is 19.7. The van der Waals surface area contributed by atoms with E-state index in [1.54, 1.807) is 11.3 Å². The maximum atomic E-state index is 13.2. The Labute approximate surface area is 193 Å². The fourth-order valence-corrected chi connectivity index (χ4v) is 5.64. The molecule has 2 N–H and O–H groups in total. The number of thiophene rings is 1. The topological polar surface area (TPSA) is 78.5 Å². The van der Waals surface area contributed by atoms with Crippen LogP contribution in [0, 0.1) is 5.92 Å². The predicted octanol–water partition coefficient (Wildman–Crippen LogP) is 4.58. The van der Waals surface area contributed by atoms with E-state index < -0.39 is 11.6 Å². The smallest absolute Gasteiger partial charge is 0.325 e. The summed E-state index contributed by atoms with van der Waals surface area (Å²) in [6, 6.07) is 11.4. The van der Waals surface area contributed by atoms with E-state index in [1.807, 2.05) is 36.6 Å². The van der Waals surface area contributed by atoms with E-state index in [0.717, 1.165) is 34.6 Å². The SMILES string of the molecule is CC(C)c1ccc(C(NC(=O)CN2C(=O)NC3(CCCCC3C)C2=O)c2cccs2)cc1. The summed E-state index contributed by atoms with van der Waals surface area (Å²) in [5.74, 6) is -0.119. The second-order valence-corrected chi connectivity index (χ2v) is 10.3. The zero-order valence-electron chi connectivity index (χ0n) is 18.9. The summed E-state index contributed by atoms with van der Waals surface area (Å²) in [4.78, 5) is 40.9. The number of hydrogen-bond acceptors (Lipinski definition) is 4. The van der Waals surface area contributed by atoms with Crippen molar-refractivity contribution in [2.75, 3.05) is 6.54 Å². The number of hydrogen-bond donors (Lipinski definition) is 2. The van der Waals surface area contributed by atoms with Gasteiger partial charge in [0.05, 0.1) is 6.04 Å². The van der Waals surface area contributed by atoms with Gasteiger partial charge in [-0.15, -0.1) is 11.3 Å². The van der Waals surface area contributed by atoms with E-state index in [4.69, 9.17) is 0 Å². The van der Waals surface area contributed by atoms with E-state index in [-0.39, 0.29) is 30.3 Å². The maximum Gasteiger partial charge on any atom is 0.325 e. The molecule has 2 aliphatic rings. The maximum absolute atomic E-state index is 13.2. The first-order chi connectivity index (χ1) is 15.3. The highest BCUT2D eigenvalue weighted by molar-refractivity contribution is 7.10. The van der Waals surface area contributed by atoms with E-state index in [9.17, 15) is 14.4 Å². The first-order valence-electron chi connectivity index (χ1n) is 11.4. The Hall–Kier alpha value is -2.67. The molecule has 4 amide bonds. The van der Waals surface area contributed by atoms with Crippen LogP contribution >= 0.6 is 11.3 Å². The number of carbonyl (C=O) groups is 3. The molecule has 3 atom stereocenters. The fourth-order valence-electron chi connectivity index (χ4n) is 4.84. The molecule has 0 bridgehead atoms. The third-order valence-electron chi connectivity index (χ3n) is 6.87. The molecule has 1 spiro atoms. The molecule has 170 valence electrons. The number of amides is 4. The molecule has 1 aliphatic carbocycles. The van der Waals surface area contributed by atoms with Gasteiger partial charge in [-0.1, -0.05) is 63.9 Å². The normalized spacial score (nSPS) is 24.1. The second kappa shape index (κ2) is 9.06. The van der Waals surface area contributed by atoms with Gasteiger partial charge in [0, 0.05) is 4.88 Å². The molecule has 1 saturated heterocycles. The Morgan fingerprint density at radius 3 is 2.53 bits per heavy atom. The number of rotatable bonds is 6. The second-order valence-electron chi connectivity index (χ2n) is 9.28. The van der Waals surface area contributed by atoms with Gasteiger partial charge in [0.2, 0.25) is 5.91 Å². The van der Waals surface area contributed by atoms with Crippen LogP contribution in [0.1, 0.15) is 74.4 Å². The molecule has 7 heteroatoms. The van der Waals surface area contributed by atoms with Crippen molar-refractivity contribution in [2.45, 2.75) is 64.0 Å². The van der Waals surface area contributed by atoms with Crippen LogP contribution in [0.15, 0.2) is 41.8 Å². The van der Waals surface area contributed by atoms with Crippen LogP contribution in [0.5, 0.6) is 0 Å². The molecule has 1 aromatic heterocycles. The summed E-state index contributed by atoms with van der Waals surface area (Å²) in [5.41, 5.74) is 1.35. The summed E-state index contributed by atoms with van der Waals surface area (Å²) < 4.78 is 0. The summed E-state index contributed by atoms with van der Waals surface area (Å²) in [6.45, 7) is 6.02. The number of imide groups is 1. The van der Waals surface area contributed by atoms with Crippen LogP contribution in [0.3, 0.4) is 0 Å². The van der Waals surface area contributed by atoms with Crippen molar-refractivity contribution >= 4 is 29.2 Å². The minimum Gasteiger partial charge on any atom is -0.343 e. The van der Waals surface area contributed by atoms with E-state index in [1.165, 1.54) is 5.56 Å². The van der Waals surface area contributed by atoms with Crippen molar-refractivity contribution in [3.63, 3.8) is 0 Å². The molecule has 1 aromatic carbocycles. The molecular formula is C25H31N3O3S. The lowest BCUT2D eigenvalue weighted by atomic mass is 9.73. The fraction of sp³-hybridized carbons (Fsp3) is 0.480. The van der Waals surface area contributed by atoms with Gasteiger partial charge in [-0.25, -0.2) is 4.79 Å². The van der Waals surface area contributed by atoms with Crippen LogP contribution < -0.4 is 10.6 Å². The van der Waals surface area contributed by atoms with Crippen molar-refractivity contribution in [2.24, 2.45) is 5.92 Å². The number of urea groups is 1. The van der Waals surface area contributed by atoms with Crippen molar-refractivity contribution in [3.05, 3.63) is 57.8 Å². The lowest BCUT2D eigenvalue weighted by Crippen LogP contribution is -2.54. The van der Waals surface area contributed by atoms with Crippen LogP contribution in [-0.2, 0) is 9.59 Å². The molecule has 6 nitrogen and oxygen atoms in total. The third kappa shape index (κ3) is 4.18. The molecule has 1 saturated carbocycles. The van der Waals surface area contributed by atoms with E-state index >= 15 is 0 Å². The summed E-state index contributed by atoms with van der Waals surface area (Å²) in [6.07, 6.45) is 3.50. The summed E-state index contributed by atoms with van der Waals surface area (Å²) >= 11 is 1.57. The van der Waals surface area contributed by atoms with Gasteiger partial charge >= 0.3 is 6.03 Å².